The fourth-order valence-corrected chi connectivity index (χ4v) is 5.09. The average Bonchev–Trinajstić information content (AvgIpc) is 3.54. The van der Waals surface area contributed by atoms with Crippen LogP contribution in [0.5, 0.6) is 0 Å². The van der Waals surface area contributed by atoms with Crippen molar-refractivity contribution in [2.24, 2.45) is 0 Å². The topological polar surface area (TPSA) is 126 Å². The highest BCUT2D eigenvalue weighted by molar-refractivity contribution is 6.02. The van der Waals surface area contributed by atoms with Crippen LogP contribution in [0, 0.1) is 12.7 Å². The van der Waals surface area contributed by atoms with Gasteiger partial charge in [0.05, 0.1) is 18.2 Å². The van der Waals surface area contributed by atoms with E-state index in [1.807, 2.05) is 30.3 Å². The van der Waals surface area contributed by atoms with Gasteiger partial charge in [-0.15, -0.1) is 0 Å². The van der Waals surface area contributed by atoms with Crippen LogP contribution in [0.25, 0.3) is 44.0 Å². The molecule has 8 nitrogen and oxygen atoms in total. The van der Waals surface area contributed by atoms with E-state index < -0.39 is 23.5 Å². The maximum atomic E-state index is 13.4. The zero-order chi connectivity index (χ0) is 28.0. The Morgan fingerprint density at radius 1 is 1.02 bits per heavy atom. The van der Waals surface area contributed by atoms with Gasteiger partial charge >= 0.3 is 11.6 Å². The number of para-hydroxylation sites is 1. The lowest BCUT2D eigenvalue weighted by Gasteiger charge is -2.15. The molecule has 0 aliphatic heterocycles. The number of carboxylic acid groups (broad SMARTS) is 1. The molecule has 3 heterocycles. The number of benzene rings is 3. The molecule has 3 aromatic heterocycles. The van der Waals surface area contributed by atoms with Crippen molar-refractivity contribution in [3.63, 3.8) is 0 Å². The maximum absolute atomic E-state index is 13.4. The molecule has 0 bridgehead atoms. The summed E-state index contributed by atoms with van der Waals surface area (Å²) >= 11 is 0. The Kier molecular flexibility index (Phi) is 6.18. The molecule has 0 fully saturated rings. The van der Waals surface area contributed by atoms with Crippen LogP contribution in [0.15, 0.2) is 86.8 Å². The Labute approximate surface area is 226 Å². The van der Waals surface area contributed by atoms with Gasteiger partial charge in [0.1, 0.15) is 23.0 Å². The van der Waals surface area contributed by atoms with Crippen LogP contribution in [0.4, 0.5) is 4.39 Å². The quantitative estimate of drug-likeness (QED) is 0.231. The monoisotopic (exact) mass is 538 g/mol. The number of rotatable bonds is 7. The summed E-state index contributed by atoms with van der Waals surface area (Å²) in [5.41, 5.74) is 3.88. The van der Waals surface area contributed by atoms with Crippen LogP contribution in [0.2, 0.25) is 0 Å². The van der Waals surface area contributed by atoms with Gasteiger partial charge in [-0.25, -0.2) is 14.0 Å². The highest BCUT2D eigenvalue weighted by Gasteiger charge is 2.24. The van der Waals surface area contributed by atoms with Crippen LogP contribution >= 0.6 is 0 Å². The van der Waals surface area contributed by atoms with E-state index in [0.29, 0.717) is 22.1 Å². The molecular weight excluding hydrogens is 515 g/mol. The molecular formula is C31H23FN2O6. The minimum Gasteiger partial charge on any atom is -0.480 e. The molecule has 9 heteroatoms. The Morgan fingerprint density at radius 2 is 1.80 bits per heavy atom. The van der Waals surface area contributed by atoms with Crippen molar-refractivity contribution in [1.82, 2.24) is 10.3 Å². The number of carbonyl (C=O) groups excluding carboxylic acids is 1. The fourth-order valence-electron chi connectivity index (χ4n) is 5.09. The smallest absolute Gasteiger partial charge is 0.340 e. The summed E-state index contributed by atoms with van der Waals surface area (Å²) in [7, 11) is 0. The van der Waals surface area contributed by atoms with Crippen molar-refractivity contribution in [1.29, 1.82) is 0 Å². The molecule has 0 aliphatic rings. The van der Waals surface area contributed by atoms with Crippen LogP contribution in [0.3, 0.4) is 0 Å². The number of aromatic amines is 1. The number of furan rings is 1. The van der Waals surface area contributed by atoms with E-state index in [2.05, 4.69) is 10.3 Å². The number of hydrogen-bond acceptors (Lipinski definition) is 5. The second-order valence-corrected chi connectivity index (χ2v) is 9.69. The summed E-state index contributed by atoms with van der Waals surface area (Å²) in [5, 5.41) is 14.6. The predicted molar refractivity (Wildman–Crippen MR) is 148 cm³/mol. The Balaban J connectivity index is 1.30. The molecule has 40 heavy (non-hydrogen) atoms. The lowest BCUT2D eigenvalue weighted by atomic mass is 9.99. The first-order valence-corrected chi connectivity index (χ1v) is 12.6. The van der Waals surface area contributed by atoms with Crippen molar-refractivity contribution < 1.29 is 27.9 Å². The van der Waals surface area contributed by atoms with Gasteiger partial charge in [-0.05, 0) is 47.9 Å². The van der Waals surface area contributed by atoms with E-state index in [1.54, 1.807) is 37.6 Å². The minimum absolute atomic E-state index is 0.0705. The molecule has 6 aromatic rings. The zero-order valence-electron chi connectivity index (χ0n) is 21.3. The number of aromatic nitrogens is 1. The lowest BCUT2D eigenvalue weighted by molar-refractivity contribution is -0.141. The summed E-state index contributed by atoms with van der Waals surface area (Å²) in [6.45, 7) is 1.71. The maximum Gasteiger partial charge on any atom is 0.340 e. The van der Waals surface area contributed by atoms with Gasteiger partial charge in [0.2, 0.25) is 5.91 Å². The Bertz CT molecular complexity index is 1980. The predicted octanol–water partition coefficient (Wildman–Crippen LogP) is 5.49. The lowest BCUT2D eigenvalue weighted by Crippen LogP contribution is -2.43. The van der Waals surface area contributed by atoms with Gasteiger partial charge in [0.25, 0.3) is 0 Å². The molecule has 3 aromatic carbocycles. The second kappa shape index (κ2) is 9.85. The molecule has 0 saturated heterocycles. The number of hydrogen-bond donors (Lipinski definition) is 3. The number of carboxylic acids is 1. The normalized spacial score (nSPS) is 12.2. The van der Waals surface area contributed by atoms with E-state index in [0.717, 1.165) is 33.0 Å². The van der Waals surface area contributed by atoms with Gasteiger partial charge in [-0.1, -0.05) is 30.3 Å². The van der Waals surface area contributed by atoms with Gasteiger partial charge in [0.15, 0.2) is 0 Å². The summed E-state index contributed by atoms with van der Waals surface area (Å²) in [5.74, 6) is -2.15. The summed E-state index contributed by atoms with van der Waals surface area (Å²) in [4.78, 5) is 41.0. The van der Waals surface area contributed by atoms with Crippen LogP contribution in [-0.2, 0) is 22.4 Å². The number of nitrogens with one attached hydrogen (secondary N) is 2. The number of aryl methyl sites for hydroxylation is 1. The molecule has 0 radical (unpaired) electrons. The molecule has 1 amide bonds. The number of fused-ring (bicyclic) bond motifs is 3. The standard InChI is InChI=1S/C31H23FN2O6/c1-16-21-11-23-24(17-6-8-19(32)9-7-17)15-39-27(23)13-28(21)40-31(38)22(16)12-29(35)34-26(30(36)37)10-18-14-33-25-5-3-2-4-20(18)25/h2-9,11,13-15,26,33H,10,12H2,1H3,(H,34,35)(H,36,37)/t26-/m0/s1. The SMILES string of the molecule is Cc1c(CC(=O)N[C@@H](Cc2c[nH]c3ccccc23)C(=O)O)c(=O)oc2cc3occ(-c4ccc(F)cc4)c3cc12. The fraction of sp³-hybridized carbons (Fsp3) is 0.129. The van der Waals surface area contributed by atoms with Crippen molar-refractivity contribution in [2.45, 2.75) is 25.8 Å². The third kappa shape index (κ3) is 4.51. The van der Waals surface area contributed by atoms with Crippen LogP contribution in [-0.4, -0.2) is 28.0 Å². The summed E-state index contributed by atoms with van der Waals surface area (Å²) in [6, 6.07) is 15.7. The molecule has 200 valence electrons. The number of H-pyrrole nitrogens is 1. The van der Waals surface area contributed by atoms with Crippen LogP contribution < -0.4 is 10.9 Å². The summed E-state index contributed by atoms with van der Waals surface area (Å²) < 4.78 is 24.6. The third-order valence-corrected chi connectivity index (χ3v) is 7.21. The van der Waals surface area contributed by atoms with Gasteiger partial charge in [-0.2, -0.15) is 0 Å². The van der Waals surface area contributed by atoms with Crippen LogP contribution in [0.1, 0.15) is 16.7 Å². The number of carbonyl (C=O) groups is 2. The molecule has 1 atom stereocenters. The van der Waals surface area contributed by atoms with Gasteiger partial charge < -0.3 is 24.2 Å². The van der Waals surface area contributed by atoms with Crippen molar-refractivity contribution >= 4 is 44.7 Å². The largest absolute Gasteiger partial charge is 0.480 e. The second-order valence-electron chi connectivity index (χ2n) is 9.69. The number of aliphatic carboxylic acids is 1. The zero-order valence-corrected chi connectivity index (χ0v) is 21.3. The summed E-state index contributed by atoms with van der Waals surface area (Å²) in [6.07, 6.45) is 3.00. The molecule has 3 N–H and O–H groups in total. The van der Waals surface area contributed by atoms with E-state index >= 15 is 0 Å². The first kappa shape index (κ1) is 25.1. The minimum atomic E-state index is -1.19. The highest BCUT2D eigenvalue weighted by Crippen LogP contribution is 2.34. The van der Waals surface area contributed by atoms with Crippen molar-refractivity contribution in [3.8, 4) is 11.1 Å². The van der Waals surface area contributed by atoms with E-state index in [1.165, 1.54) is 12.1 Å². The van der Waals surface area contributed by atoms with Gasteiger partial charge in [0, 0.05) is 45.9 Å². The molecule has 0 aliphatic carbocycles. The molecule has 0 unspecified atom stereocenters. The molecule has 0 saturated carbocycles. The van der Waals surface area contributed by atoms with Crippen molar-refractivity contribution in [2.75, 3.05) is 0 Å². The van der Waals surface area contributed by atoms with Gasteiger partial charge in [-0.3, -0.25) is 4.79 Å². The average molecular weight is 539 g/mol. The Hall–Kier alpha value is -5.18. The number of amides is 1. The van der Waals surface area contributed by atoms with Crippen molar-refractivity contribution in [3.05, 3.63) is 106 Å². The molecule has 0 spiro atoms. The Morgan fingerprint density at radius 3 is 2.58 bits per heavy atom. The van der Waals surface area contributed by atoms with E-state index in [-0.39, 0.29) is 24.2 Å². The molecule has 6 rings (SSSR count). The first-order chi connectivity index (χ1) is 19.3. The first-order valence-electron chi connectivity index (χ1n) is 12.6. The third-order valence-electron chi connectivity index (χ3n) is 7.21. The number of halogens is 1. The van der Waals surface area contributed by atoms with E-state index in [4.69, 9.17) is 8.83 Å². The highest BCUT2D eigenvalue weighted by atomic mass is 19.1. The van der Waals surface area contributed by atoms with E-state index in [9.17, 15) is 23.9 Å².